The van der Waals surface area contributed by atoms with Crippen LogP contribution in [0.25, 0.3) is 11.3 Å². The molecule has 1 amide bonds. The van der Waals surface area contributed by atoms with Gasteiger partial charge in [-0.2, -0.15) is 0 Å². The van der Waals surface area contributed by atoms with Crippen molar-refractivity contribution >= 4 is 28.8 Å². The van der Waals surface area contributed by atoms with Crippen LogP contribution in [0.1, 0.15) is 21.9 Å². The smallest absolute Gasteiger partial charge is 0.220 e. The highest BCUT2D eigenvalue weighted by Gasteiger charge is 2.17. The van der Waals surface area contributed by atoms with E-state index >= 15 is 0 Å². The zero-order valence-corrected chi connectivity index (χ0v) is 19.5. The molecule has 1 aromatic heterocycles. The molecular formula is C23H25ClN2O4S. The van der Waals surface area contributed by atoms with Crippen molar-refractivity contribution in [3.05, 3.63) is 56.9 Å². The predicted octanol–water partition coefficient (Wildman–Crippen LogP) is 5.05. The van der Waals surface area contributed by atoms with Crippen molar-refractivity contribution in [3.8, 4) is 28.5 Å². The Bertz CT molecular complexity index is 1050. The van der Waals surface area contributed by atoms with E-state index in [1.807, 2.05) is 43.3 Å². The molecule has 0 bridgehead atoms. The summed E-state index contributed by atoms with van der Waals surface area (Å²) < 4.78 is 16.2. The van der Waals surface area contributed by atoms with Crippen molar-refractivity contribution in [1.82, 2.24) is 10.3 Å². The Balaban J connectivity index is 1.60. The molecule has 0 aliphatic carbocycles. The van der Waals surface area contributed by atoms with Gasteiger partial charge in [0.1, 0.15) is 5.01 Å². The van der Waals surface area contributed by atoms with Crippen molar-refractivity contribution in [2.75, 3.05) is 21.3 Å². The maximum absolute atomic E-state index is 12.4. The number of nitrogens with zero attached hydrogens (tertiary/aromatic N) is 1. The number of thiazole rings is 1. The number of carbonyl (C=O) groups is 1. The van der Waals surface area contributed by atoms with E-state index in [0.717, 1.165) is 26.7 Å². The lowest BCUT2D eigenvalue weighted by Crippen LogP contribution is -2.23. The summed E-state index contributed by atoms with van der Waals surface area (Å²) in [4.78, 5) is 18.2. The second kappa shape index (κ2) is 10.5. The quantitative estimate of drug-likeness (QED) is 0.484. The minimum absolute atomic E-state index is 0.0577. The van der Waals surface area contributed by atoms with Crippen LogP contribution in [-0.4, -0.2) is 32.2 Å². The minimum Gasteiger partial charge on any atom is -0.493 e. The van der Waals surface area contributed by atoms with Crippen LogP contribution in [0.2, 0.25) is 5.02 Å². The normalized spacial score (nSPS) is 10.6. The van der Waals surface area contributed by atoms with Crippen LogP contribution in [-0.2, 0) is 17.8 Å². The third-order valence-electron chi connectivity index (χ3n) is 4.80. The zero-order valence-electron chi connectivity index (χ0n) is 18.0. The molecule has 0 spiro atoms. The number of amides is 1. The third-order valence-corrected chi connectivity index (χ3v) is 6.03. The molecule has 0 fully saturated rings. The third kappa shape index (κ3) is 5.48. The lowest BCUT2D eigenvalue weighted by Gasteiger charge is -2.15. The highest BCUT2D eigenvalue weighted by molar-refractivity contribution is 7.12. The van der Waals surface area contributed by atoms with Gasteiger partial charge in [0.25, 0.3) is 0 Å². The fourth-order valence-electron chi connectivity index (χ4n) is 3.27. The molecule has 6 nitrogen and oxygen atoms in total. The number of aryl methyl sites for hydroxylation is 2. The van der Waals surface area contributed by atoms with Gasteiger partial charge in [-0.05, 0) is 37.1 Å². The highest BCUT2D eigenvalue weighted by atomic mass is 35.5. The summed E-state index contributed by atoms with van der Waals surface area (Å²) in [6.45, 7) is 2.41. The molecule has 0 saturated heterocycles. The van der Waals surface area contributed by atoms with Gasteiger partial charge in [-0.25, -0.2) is 4.98 Å². The molecule has 0 aliphatic heterocycles. The van der Waals surface area contributed by atoms with E-state index in [-0.39, 0.29) is 5.91 Å². The monoisotopic (exact) mass is 460 g/mol. The number of aromatic nitrogens is 1. The van der Waals surface area contributed by atoms with Crippen molar-refractivity contribution < 1.29 is 19.0 Å². The largest absolute Gasteiger partial charge is 0.493 e. The molecule has 2 aromatic carbocycles. The summed E-state index contributed by atoms with van der Waals surface area (Å²) in [6, 6.07) is 11.3. The van der Waals surface area contributed by atoms with Gasteiger partial charge in [-0.15, -0.1) is 11.3 Å². The van der Waals surface area contributed by atoms with E-state index in [4.69, 9.17) is 25.8 Å². The van der Waals surface area contributed by atoms with Crippen molar-refractivity contribution in [2.24, 2.45) is 0 Å². The van der Waals surface area contributed by atoms with Gasteiger partial charge in [0.2, 0.25) is 11.7 Å². The molecule has 3 aromatic rings. The predicted molar refractivity (Wildman–Crippen MR) is 124 cm³/mol. The van der Waals surface area contributed by atoms with E-state index in [1.165, 1.54) is 0 Å². The van der Waals surface area contributed by atoms with Gasteiger partial charge >= 0.3 is 0 Å². The molecule has 0 aliphatic rings. The standard InChI is InChI=1S/C23H25ClN2O4S/c1-14-21(15-5-9-17(24)10-6-15)26-20(31-14)13-25-19(27)12-8-16-7-11-18(28-2)23(30-4)22(16)29-3/h5-7,9-11H,8,12-13H2,1-4H3,(H,25,27). The molecular weight excluding hydrogens is 436 g/mol. The number of methoxy groups -OCH3 is 3. The van der Waals surface area contributed by atoms with Crippen LogP contribution in [0.15, 0.2) is 36.4 Å². The summed E-state index contributed by atoms with van der Waals surface area (Å²) in [5.74, 6) is 1.63. The maximum atomic E-state index is 12.4. The van der Waals surface area contributed by atoms with E-state index in [0.29, 0.717) is 41.7 Å². The Morgan fingerprint density at radius 3 is 2.39 bits per heavy atom. The number of rotatable bonds is 9. The molecule has 164 valence electrons. The van der Waals surface area contributed by atoms with Crippen LogP contribution in [0.5, 0.6) is 17.2 Å². The fourth-order valence-corrected chi connectivity index (χ4v) is 4.29. The molecule has 31 heavy (non-hydrogen) atoms. The molecule has 8 heteroatoms. The lowest BCUT2D eigenvalue weighted by atomic mass is 10.1. The lowest BCUT2D eigenvalue weighted by molar-refractivity contribution is -0.121. The van der Waals surface area contributed by atoms with Crippen LogP contribution < -0.4 is 19.5 Å². The van der Waals surface area contributed by atoms with Gasteiger partial charge in [0.05, 0.1) is 33.6 Å². The van der Waals surface area contributed by atoms with E-state index < -0.39 is 0 Å². The second-order valence-electron chi connectivity index (χ2n) is 6.79. The first-order valence-electron chi connectivity index (χ1n) is 9.73. The first-order chi connectivity index (χ1) is 15.0. The fraction of sp³-hybridized carbons (Fsp3) is 0.304. The molecule has 0 radical (unpaired) electrons. The number of hydrogen-bond acceptors (Lipinski definition) is 6. The van der Waals surface area contributed by atoms with Gasteiger partial charge in [-0.3, -0.25) is 4.79 Å². The maximum Gasteiger partial charge on any atom is 0.220 e. The van der Waals surface area contributed by atoms with E-state index in [1.54, 1.807) is 32.7 Å². The summed E-state index contributed by atoms with van der Waals surface area (Å²) in [7, 11) is 4.71. The molecule has 0 saturated carbocycles. The minimum atomic E-state index is -0.0577. The summed E-state index contributed by atoms with van der Waals surface area (Å²) in [6.07, 6.45) is 0.836. The van der Waals surface area contributed by atoms with E-state index in [2.05, 4.69) is 10.3 Å². The number of halogens is 1. The van der Waals surface area contributed by atoms with Gasteiger partial charge < -0.3 is 19.5 Å². The number of benzene rings is 2. The Hall–Kier alpha value is -2.77. The van der Waals surface area contributed by atoms with Gasteiger partial charge in [0.15, 0.2) is 11.5 Å². The van der Waals surface area contributed by atoms with Crippen LogP contribution in [0, 0.1) is 6.92 Å². The number of ether oxygens (including phenoxy) is 3. The van der Waals surface area contributed by atoms with Gasteiger partial charge in [0, 0.05) is 21.9 Å². The van der Waals surface area contributed by atoms with Crippen molar-refractivity contribution in [2.45, 2.75) is 26.3 Å². The second-order valence-corrected chi connectivity index (χ2v) is 8.51. The van der Waals surface area contributed by atoms with Crippen molar-refractivity contribution in [1.29, 1.82) is 0 Å². The molecule has 1 heterocycles. The molecule has 3 rings (SSSR count). The number of hydrogen-bond donors (Lipinski definition) is 1. The van der Waals surface area contributed by atoms with Crippen molar-refractivity contribution in [3.63, 3.8) is 0 Å². The Labute approximate surface area is 191 Å². The Morgan fingerprint density at radius 2 is 1.74 bits per heavy atom. The topological polar surface area (TPSA) is 69.7 Å². The summed E-state index contributed by atoms with van der Waals surface area (Å²) in [5, 5.41) is 4.50. The summed E-state index contributed by atoms with van der Waals surface area (Å²) >= 11 is 7.54. The van der Waals surface area contributed by atoms with Crippen LogP contribution in [0.4, 0.5) is 0 Å². The summed E-state index contributed by atoms with van der Waals surface area (Å²) in [5.41, 5.74) is 2.81. The first kappa shape index (κ1) is 22.9. The molecule has 1 N–H and O–H groups in total. The first-order valence-corrected chi connectivity index (χ1v) is 10.9. The van der Waals surface area contributed by atoms with Crippen LogP contribution >= 0.6 is 22.9 Å². The number of carbonyl (C=O) groups excluding carboxylic acids is 1. The number of nitrogens with one attached hydrogen (secondary N) is 1. The Morgan fingerprint density at radius 1 is 1.03 bits per heavy atom. The van der Waals surface area contributed by atoms with Gasteiger partial charge in [-0.1, -0.05) is 29.8 Å². The SMILES string of the molecule is COc1ccc(CCC(=O)NCc2nc(-c3ccc(Cl)cc3)c(C)s2)c(OC)c1OC. The highest BCUT2D eigenvalue weighted by Crippen LogP contribution is 2.40. The zero-order chi connectivity index (χ0) is 22.4. The average molecular weight is 461 g/mol. The molecule has 0 unspecified atom stereocenters. The van der Waals surface area contributed by atoms with E-state index in [9.17, 15) is 4.79 Å². The molecule has 0 atom stereocenters. The average Bonchev–Trinajstić information content (AvgIpc) is 3.16. The van der Waals surface area contributed by atoms with Crippen LogP contribution in [0.3, 0.4) is 0 Å². The Kier molecular flexibility index (Phi) is 7.76.